The molecule has 0 atom stereocenters. The summed E-state index contributed by atoms with van der Waals surface area (Å²) in [5, 5.41) is 20.0. The predicted molar refractivity (Wildman–Crippen MR) is 66.8 cm³/mol. The number of carboxylic acids is 1. The summed E-state index contributed by atoms with van der Waals surface area (Å²) in [6.07, 6.45) is 0.516. The highest BCUT2D eigenvalue weighted by molar-refractivity contribution is 5.91. The van der Waals surface area contributed by atoms with E-state index in [0.717, 1.165) is 0 Å². The number of anilines is 1. The van der Waals surface area contributed by atoms with Crippen molar-refractivity contribution in [2.24, 2.45) is 0 Å². The Balaban J connectivity index is 2.56. The van der Waals surface area contributed by atoms with E-state index < -0.39 is 5.97 Å². The second-order valence-corrected chi connectivity index (χ2v) is 3.81. The molecule has 2 amide bonds. The molecule has 18 heavy (non-hydrogen) atoms. The first-order chi connectivity index (χ1) is 8.54. The van der Waals surface area contributed by atoms with Crippen molar-refractivity contribution in [3.63, 3.8) is 0 Å². The number of rotatable bonds is 5. The van der Waals surface area contributed by atoms with Gasteiger partial charge in [0.15, 0.2) is 0 Å². The van der Waals surface area contributed by atoms with Crippen molar-refractivity contribution < 1.29 is 19.8 Å². The largest absolute Gasteiger partial charge is 0.478 e. The van der Waals surface area contributed by atoms with Gasteiger partial charge < -0.3 is 20.4 Å². The van der Waals surface area contributed by atoms with Gasteiger partial charge in [-0.3, -0.25) is 0 Å². The van der Waals surface area contributed by atoms with Crippen molar-refractivity contribution in [3.8, 4) is 0 Å². The van der Waals surface area contributed by atoms with Crippen LogP contribution in [-0.4, -0.2) is 47.3 Å². The third-order valence-electron chi connectivity index (χ3n) is 2.38. The lowest BCUT2D eigenvalue weighted by molar-refractivity contribution is 0.0697. The Morgan fingerprint density at radius 2 is 1.89 bits per heavy atom. The highest BCUT2D eigenvalue weighted by Gasteiger charge is 2.08. The number of carbonyl (C=O) groups is 2. The quantitative estimate of drug-likeness (QED) is 0.735. The number of aliphatic hydroxyl groups is 1. The monoisotopic (exact) mass is 252 g/mol. The summed E-state index contributed by atoms with van der Waals surface area (Å²) in [7, 11) is 1.62. The summed E-state index contributed by atoms with van der Waals surface area (Å²) < 4.78 is 0. The van der Waals surface area contributed by atoms with Gasteiger partial charge in [-0.05, 0) is 30.7 Å². The van der Waals surface area contributed by atoms with Crippen LogP contribution >= 0.6 is 0 Å². The van der Waals surface area contributed by atoms with E-state index in [1.165, 1.54) is 29.2 Å². The normalized spacial score (nSPS) is 9.89. The van der Waals surface area contributed by atoms with E-state index in [1.54, 1.807) is 7.05 Å². The molecule has 0 saturated carbocycles. The summed E-state index contributed by atoms with van der Waals surface area (Å²) in [5.41, 5.74) is 0.697. The SMILES string of the molecule is CN(CCCO)C(=O)Nc1ccc(C(=O)O)cc1. The fourth-order valence-corrected chi connectivity index (χ4v) is 1.32. The first-order valence-electron chi connectivity index (χ1n) is 5.51. The summed E-state index contributed by atoms with van der Waals surface area (Å²) in [6.45, 7) is 0.487. The molecule has 0 fully saturated rings. The minimum absolute atomic E-state index is 0.0327. The van der Waals surface area contributed by atoms with E-state index in [2.05, 4.69) is 5.32 Å². The Bertz CT molecular complexity index is 417. The topological polar surface area (TPSA) is 89.9 Å². The fourth-order valence-electron chi connectivity index (χ4n) is 1.32. The smallest absolute Gasteiger partial charge is 0.335 e. The number of hydrogen-bond acceptors (Lipinski definition) is 3. The molecule has 1 aromatic carbocycles. The van der Waals surface area contributed by atoms with Crippen molar-refractivity contribution in [2.75, 3.05) is 25.5 Å². The van der Waals surface area contributed by atoms with Gasteiger partial charge in [0.2, 0.25) is 0 Å². The van der Waals surface area contributed by atoms with Crippen molar-refractivity contribution in [3.05, 3.63) is 29.8 Å². The number of nitrogens with zero attached hydrogens (tertiary/aromatic N) is 1. The number of nitrogens with one attached hydrogen (secondary N) is 1. The number of aromatic carboxylic acids is 1. The third kappa shape index (κ3) is 4.06. The maximum absolute atomic E-state index is 11.7. The van der Waals surface area contributed by atoms with Crippen molar-refractivity contribution >= 4 is 17.7 Å². The van der Waals surface area contributed by atoms with E-state index in [9.17, 15) is 9.59 Å². The molecule has 0 heterocycles. The minimum atomic E-state index is -1.01. The maximum Gasteiger partial charge on any atom is 0.335 e. The van der Waals surface area contributed by atoms with Crippen molar-refractivity contribution in [2.45, 2.75) is 6.42 Å². The van der Waals surface area contributed by atoms with Crippen LogP contribution in [0, 0.1) is 0 Å². The average molecular weight is 252 g/mol. The van der Waals surface area contributed by atoms with Gasteiger partial charge in [0, 0.05) is 25.9 Å². The number of hydrogen-bond donors (Lipinski definition) is 3. The van der Waals surface area contributed by atoms with Gasteiger partial charge in [0.25, 0.3) is 0 Å². The van der Waals surface area contributed by atoms with Gasteiger partial charge in [-0.25, -0.2) is 9.59 Å². The van der Waals surface area contributed by atoms with Crippen LogP contribution in [0.15, 0.2) is 24.3 Å². The molecular weight excluding hydrogens is 236 g/mol. The molecule has 6 nitrogen and oxygen atoms in total. The van der Waals surface area contributed by atoms with Crippen LogP contribution < -0.4 is 5.32 Å². The molecule has 0 saturated heterocycles. The molecule has 0 aromatic heterocycles. The minimum Gasteiger partial charge on any atom is -0.478 e. The Morgan fingerprint density at radius 3 is 2.39 bits per heavy atom. The predicted octanol–water partition coefficient (Wildman–Crippen LogP) is 1.23. The van der Waals surface area contributed by atoms with Crippen LogP contribution in [0.4, 0.5) is 10.5 Å². The van der Waals surface area contributed by atoms with Gasteiger partial charge >= 0.3 is 12.0 Å². The number of carboxylic acid groups (broad SMARTS) is 1. The zero-order valence-corrected chi connectivity index (χ0v) is 10.1. The Morgan fingerprint density at radius 1 is 1.28 bits per heavy atom. The van der Waals surface area contributed by atoms with E-state index in [-0.39, 0.29) is 18.2 Å². The van der Waals surface area contributed by atoms with E-state index in [1.807, 2.05) is 0 Å². The molecule has 98 valence electrons. The molecule has 0 aliphatic carbocycles. The highest BCUT2D eigenvalue weighted by Crippen LogP contribution is 2.10. The zero-order valence-electron chi connectivity index (χ0n) is 10.1. The lowest BCUT2D eigenvalue weighted by atomic mass is 10.2. The van der Waals surface area contributed by atoms with Crippen LogP contribution in [0.2, 0.25) is 0 Å². The maximum atomic E-state index is 11.7. The second kappa shape index (κ2) is 6.61. The Kier molecular flexibility index (Phi) is 5.13. The second-order valence-electron chi connectivity index (χ2n) is 3.81. The Hall–Kier alpha value is -2.08. The van der Waals surface area contributed by atoms with Gasteiger partial charge in [0.05, 0.1) is 5.56 Å². The highest BCUT2D eigenvalue weighted by atomic mass is 16.4. The lowest BCUT2D eigenvalue weighted by Crippen LogP contribution is -2.32. The molecule has 3 N–H and O–H groups in total. The number of carbonyl (C=O) groups excluding carboxylic acids is 1. The van der Waals surface area contributed by atoms with Gasteiger partial charge in [-0.1, -0.05) is 0 Å². The van der Waals surface area contributed by atoms with Crippen molar-refractivity contribution in [1.82, 2.24) is 4.90 Å². The van der Waals surface area contributed by atoms with Crippen LogP contribution in [0.5, 0.6) is 0 Å². The number of urea groups is 1. The molecule has 0 aliphatic rings. The van der Waals surface area contributed by atoms with Gasteiger partial charge in [0.1, 0.15) is 0 Å². The molecule has 0 unspecified atom stereocenters. The first kappa shape index (κ1) is 14.0. The molecule has 0 spiro atoms. The molecular formula is C12H16N2O4. The summed E-state index contributed by atoms with van der Waals surface area (Å²) in [5.74, 6) is -1.01. The van der Waals surface area contributed by atoms with Gasteiger partial charge in [-0.2, -0.15) is 0 Å². The summed E-state index contributed by atoms with van der Waals surface area (Å²) in [6, 6.07) is 5.60. The van der Waals surface area contributed by atoms with E-state index >= 15 is 0 Å². The third-order valence-corrected chi connectivity index (χ3v) is 2.38. The van der Waals surface area contributed by atoms with Crippen LogP contribution in [0.25, 0.3) is 0 Å². The van der Waals surface area contributed by atoms with E-state index in [4.69, 9.17) is 10.2 Å². The molecule has 1 rings (SSSR count). The zero-order chi connectivity index (χ0) is 13.5. The van der Waals surface area contributed by atoms with Crippen LogP contribution in [0.1, 0.15) is 16.8 Å². The van der Waals surface area contributed by atoms with Gasteiger partial charge in [-0.15, -0.1) is 0 Å². The number of amides is 2. The van der Waals surface area contributed by atoms with Crippen LogP contribution in [0.3, 0.4) is 0 Å². The lowest BCUT2D eigenvalue weighted by Gasteiger charge is -2.17. The van der Waals surface area contributed by atoms with Crippen molar-refractivity contribution in [1.29, 1.82) is 0 Å². The number of aliphatic hydroxyl groups excluding tert-OH is 1. The summed E-state index contributed by atoms with van der Waals surface area (Å²) >= 11 is 0. The Labute approximate surface area is 105 Å². The number of benzene rings is 1. The molecule has 0 radical (unpaired) electrons. The fraction of sp³-hybridized carbons (Fsp3) is 0.333. The van der Waals surface area contributed by atoms with E-state index in [0.29, 0.717) is 18.7 Å². The average Bonchev–Trinajstić information content (AvgIpc) is 2.36. The molecule has 0 bridgehead atoms. The molecule has 1 aromatic rings. The molecule has 6 heteroatoms. The van der Waals surface area contributed by atoms with Crippen LogP contribution in [-0.2, 0) is 0 Å². The first-order valence-corrected chi connectivity index (χ1v) is 5.51. The standard InChI is InChI=1S/C12H16N2O4/c1-14(7-2-8-15)12(18)13-10-5-3-9(4-6-10)11(16)17/h3-6,15H,2,7-8H2,1H3,(H,13,18)(H,16,17). The summed E-state index contributed by atoms with van der Waals surface area (Å²) in [4.78, 5) is 23.7. The molecule has 0 aliphatic heterocycles.